The summed E-state index contributed by atoms with van der Waals surface area (Å²) in [6, 6.07) is 16.6. The number of rotatable bonds is 6. The molecule has 3 rings (SSSR count). The summed E-state index contributed by atoms with van der Waals surface area (Å²) in [4.78, 5) is 4.89. The van der Waals surface area contributed by atoms with Crippen LogP contribution in [0.15, 0.2) is 48.5 Å². The Morgan fingerprint density at radius 2 is 2.00 bits per heavy atom. The Hall–Kier alpha value is -2.04. The first-order valence-corrected chi connectivity index (χ1v) is 8.98. The lowest BCUT2D eigenvalue weighted by Crippen LogP contribution is -2.45. The number of phenols is 1. The topological polar surface area (TPSA) is 35.9 Å². The second-order valence-corrected chi connectivity index (χ2v) is 6.93. The van der Waals surface area contributed by atoms with Crippen LogP contribution < -0.4 is 4.74 Å². The lowest BCUT2D eigenvalue weighted by molar-refractivity contribution is 0.106. The fraction of sp³-hybridized carbons (Fsp3) is 0.429. The summed E-state index contributed by atoms with van der Waals surface area (Å²) < 4.78 is 5.29. The first-order valence-electron chi connectivity index (χ1n) is 8.98. The molecular weight excluding hydrogens is 312 g/mol. The standard InChI is InChI=1S/C21H28N2O2/c1-22(14-17-7-4-3-5-8-17)19-9-6-12-23(16-19)15-18-13-20(25-2)10-11-21(18)24/h3-5,7-8,10-11,13,19,24H,6,9,12,14-16H2,1-2H3/t19-/m1/s1. The molecule has 0 bridgehead atoms. The van der Waals surface area contributed by atoms with Crippen molar-refractivity contribution in [2.24, 2.45) is 0 Å². The Bertz CT molecular complexity index is 675. The normalized spacial score (nSPS) is 18.4. The summed E-state index contributed by atoms with van der Waals surface area (Å²) in [7, 11) is 3.87. The molecule has 2 aromatic carbocycles. The molecule has 0 amide bonds. The zero-order chi connectivity index (χ0) is 17.6. The zero-order valence-corrected chi connectivity index (χ0v) is 15.2. The molecule has 0 spiro atoms. The summed E-state index contributed by atoms with van der Waals surface area (Å²) in [5, 5.41) is 10.1. The van der Waals surface area contributed by atoms with Gasteiger partial charge in [0.2, 0.25) is 0 Å². The monoisotopic (exact) mass is 340 g/mol. The van der Waals surface area contributed by atoms with Crippen LogP contribution in [0, 0.1) is 0 Å². The third-order valence-corrected chi connectivity index (χ3v) is 5.06. The van der Waals surface area contributed by atoms with Crippen LogP contribution in [0.5, 0.6) is 11.5 Å². The average Bonchev–Trinajstić information content (AvgIpc) is 2.64. The first kappa shape index (κ1) is 17.8. The molecule has 0 unspecified atom stereocenters. The molecule has 2 aromatic rings. The van der Waals surface area contributed by atoms with E-state index in [1.165, 1.54) is 18.4 Å². The van der Waals surface area contributed by atoms with Crippen molar-refractivity contribution in [3.05, 3.63) is 59.7 Å². The molecule has 1 saturated heterocycles. The van der Waals surface area contributed by atoms with Crippen LogP contribution in [0.1, 0.15) is 24.0 Å². The number of likely N-dealkylation sites (tertiary alicyclic amines) is 1. The van der Waals surface area contributed by atoms with E-state index >= 15 is 0 Å². The van der Waals surface area contributed by atoms with Gasteiger partial charge in [-0.1, -0.05) is 30.3 Å². The Morgan fingerprint density at radius 3 is 2.76 bits per heavy atom. The van der Waals surface area contributed by atoms with Crippen LogP contribution in [-0.2, 0) is 13.1 Å². The van der Waals surface area contributed by atoms with E-state index in [4.69, 9.17) is 4.74 Å². The third-order valence-electron chi connectivity index (χ3n) is 5.06. The Morgan fingerprint density at radius 1 is 1.20 bits per heavy atom. The van der Waals surface area contributed by atoms with Crippen LogP contribution >= 0.6 is 0 Å². The predicted molar refractivity (Wildman–Crippen MR) is 101 cm³/mol. The van der Waals surface area contributed by atoms with Gasteiger partial charge in [0.25, 0.3) is 0 Å². The van der Waals surface area contributed by atoms with E-state index in [2.05, 4.69) is 47.2 Å². The molecule has 0 aliphatic carbocycles. The van der Waals surface area contributed by atoms with Crippen LogP contribution in [0.25, 0.3) is 0 Å². The highest BCUT2D eigenvalue weighted by molar-refractivity contribution is 5.39. The van der Waals surface area contributed by atoms with E-state index in [0.29, 0.717) is 11.8 Å². The maximum atomic E-state index is 10.1. The second-order valence-electron chi connectivity index (χ2n) is 6.93. The molecule has 0 radical (unpaired) electrons. The molecular formula is C21H28N2O2. The number of hydrogen-bond acceptors (Lipinski definition) is 4. The van der Waals surface area contributed by atoms with Crippen LogP contribution in [0.3, 0.4) is 0 Å². The summed E-state index contributed by atoms with van der Waals surface area (Å²) in [5.41, 5.74) is 2.29. The van der Waals surface area contributed by atoms with Gasteiger partial charge in [0.1, 0.15) is 11.5 Å². The molecule has 134 valence electrons. The van der Waals surface area contributed by atoms with Crippen molar-refractivity contribution in [1.82, 2.24) is 9.80 Å². The van der Waals surface area contributed by atoms with Crippen molar-refractivity contribution in [3.8, 4) is 11.5 Å². The largest absolute Gasteiger partial charge is 0.508 e. The number of methoxy groups -OCH3 is 1. The van der Waals surface area contributed by atoms with E-state index in [-0.39, 0.29) is 0 Å². The average molecular weight is 340 g/mol. The van der Waals surface area contributed by atoms with E-state index in [1.807, 2.05) is 6.07 Å². The van der Waals surface area contributed by atoms with Gasteiger partial charge in [0.15, 0.2) is 0 Å². The number of likely N-dealkylation sites (N-methyl/N-ethyl adjacent to an activating group) is 1. The minimum atomic E-state index is 0.348. The number of benzene rings is 2. The smallest absolute Gasteiger partial charge is 0.120 e. The first-order chi connectivity index (χ1) is 12.2. The number of phenolic OH excluding ortho intramolecular Hbond substituents is 1. The highest BCUT2D eigenvalue weighted by Gasteiger charge is 2.24. The van der Waals surface area contributed by atoms with Crippen LogP contribution in [0.2, 0.25) is 0 Å². The van der Waals surface area contributed by atoms with Gasteiger partial charge in [-0.15, -0.1) is 0 Å². The second kappa shape index (κ2) is 8.37. The number of ether oxygens (including phenoxy) is 1. The number of hydrogen-bond donors (Lipinski definition) is 1. The van der Waals surface area contributed by atoms with Gasteiger partial charge in [0, 0.05) is 31.2 Å². The van der Waals surface area contributed by atoms with Crippen molar-refractivity contribution < 1.29 is 9.84 Å². The Balaban J connectivity index is 1.61. The number of piperidine rings is 1. The molecule has 4 nitrogen and oxygen atoms in total. The summed E-state index contributed by atoms with van der Waals surface area (Å²) >= 11 is 0. The molecule has 1 aliphatic heterocycles. The van der Waals surface area contributed by atoms with Gasteiger partial charge in [-0.25, -0.2) is 0 Å². The minimum absolute atomic E-state index is 0.348. The van der Waals surface area contributed by atoms with Crippen molar-refractivity contribution in [3.63, 3.8) is 0 Å². The van der Waals surface area contributed by atoms with Gasteiger partial charge in [-0.05, 0) is 50.2 Å². The van der Waals surface area contributed by atoms with E-state index in [9.17, 15) is 5.11 Å². The maximum absolute atomic E-state index is 10.1. The Kier molecular flexibility index (Phi) is 5.95. The van der Waals surface area contributed by atoms with E-state index in [0.717, 1.165) is 37.5 Å². The molecule has 0 aromatic heterocycles. The Labute approximate surface area is 150 Å². The number of nitrogens with zero attached hydrogens (tertiary/aromatic N) is 2. The molecule has 4 heteroatoms. The lowest BCUT2D eigenvalue weighted by atomic mass is 10.0. The van der Waals surface area contributed by atoms with Gasteiger partial charge in [-0.3, -0.25) is 9.80 Å². The fourth-order valence-electron chi connectivity index (χ4n) is 3.59. The number of aromatic hydroxyl groups is 1. The van der Waals surface area contributed by atoms with Crippen LogP contribution in [-0.4, -0.2) is 48.2 Å². The van der Waals surface area contributed by atoms with Crippen molar-refractivity contribution in [2.45, 2.75) is 32.0 Å². The van der Waals surface area contributed by atoms with E-state index in [1.54, 1.807) is 19.2 Å². The van der Waals surface area contributed by atoms with Gasteiger partial charge in [0.05, 0.1) is 7.11 Å². The molecule has 1 N–H and O–H groups in total. The molecule has 1 heterocycles. The molecule has 25 heavy (non-hydrogen) atoms. The molecule has 1 aliphatic rings. The quantitative estimate of drug-likeness (QED) is 0.873. The maximum Gasteiger partial charge on any atom is 0.120 e. The van der Waals surface area contributed by atoms with Crippen molar-refractivity contribution in [2.75, 3.05) is 27.2 Å². The van der Waals surface area contributed by atoms with Gasteiger partial charge >= 0.3 is 0 Å². The zero-order valence-electron chi connectivity index (χ0n) is 15.2. The summed E-state index contributed by atoms with van der Waals surface area (Å²) in [5.74, 6) is 1.14. The van der Waals surface area contributed by atoms with Crippen molar-refractivity contribution in [1.29, 1.82) is 0 Å². The van der Waals surface area contributed by atoms with Gasteiger partial charge < -0.3 is 9.84 Å². The lowest BCUT2D eigenvalue weighted by Gasteiger charge is -2.37. The highest BCUT2D eigenvalue weighted by atomic mass is 16.5. The minimum Gasteiger partial charge on any atom is -0.508 e. The van der Waals surface area contributed by atoms with Crippen LogP contribution in [0.4, 0.5) is 0 Å². The molecule has 1 atom stereocenters. The molecule has 1 fully saturated rings. The highest BCUT2D eigenvalue weighted by Crippen LogP contribution is 2.26. The van der Waals surface area contributed by atoms with Gasteiger partial charge in [-0.2, -0.15) is 0 Å². The summed E-state index contributed by atoms with van der Waals surface area (Å²) in [6.45, 7) is 3.84. The SMILES string of the molecule is COc1ccc(O)c(CN2CCC[C@@H](N(C)Cc3ccccc3)C2)c1. The summed E-state index contributed by atoms with van der Waals surface area (Å²) in [6.07, 6.45) is 2.42. The van der Waals surface area contributed by atoms with Crippen molar-refractivity contribution >= 4 is 0 Å². The fourth-order valence-corrected chi connectivity index (χ4v) is 3.59. The predicted octanol–water partition coefficient (Wildman–Crippen LogP) is 3.50. The third kappa shape index (κ3) is 4.74. The van der Waals surface area contributed by atoms with E-state index < -0.39 is 0 Å². The molecule has 0 saturated carbocycles.